The first-order chi connectivity index (χ1) is 7.69. The highest BCUT2D eigenvalue weighted by atomic mass is 16.5. The molecular weight excluding hydrogens is 208 g/mol. The lowest BCUT2D eigenvalue weighted by Gasteiger charge is -2.24. The van der Waals surface area contributed by atoms with Gasteiger partial charge in [-0.3, -0.25) is 0 Å². The minimum absolute atomic E-state index is 0.342. The van der Waals surface area contributed by atoms with Crippen molar-refractivity contribution in [1.82, 2.24) is 0 Å². The zero-order valence-corrected chi connectivity index (χ0v) is 8.84. The van der Waals surface area contributed by atoms with Gasteiger partial charge in [0.15, 0.2) is 0 Å². The summed E-state index contributed by atoms with van der Waals surface area (Å²) in [5.74, 6) is -0.294. The number of hydrogen-bond donors (Lipinski definition) is 1. The van der Waals surface area contributed by atoms with E-state index in [2.05, 4.69) is 0 Å². The van der Waals surface area contributed by atoms with E-state index in [1.807, 2.05) is 0 Å². The number of aliphatic carboxylic acids is 1. The van der Waals surface area contributed by atoms with Gasteiger partial charge in [-0.2, -0.15) is 0 Å². The fourth-order valence-corrected chi connectivity index (χ4v) is 1.73. The first-order valence-corrected chi connectivity index (χ1v) is 4.90. The van der Waals surface area contributed by atoms with Crippen molar-refractivity contribution in [1.29, 1.82) is 0 Å². The lowest BCUT2D eigenvalue weighted by Crippen LogP contribution is -2.34. The molecule has 1 aromatic carbocycles. The zero-order valence-electron chi connectivity index (χ0n) is 8.84. The number of ether oxygens (including phenoxy) is 2. The largest absolute Gasteiger partial charge is 0.497 e. The monoisotopic (exact) mass is 220 g/mol. The van der Waals surface area contributed by atoms with Crippen molar-refractivity contribution in [3.8, 4) is 5.75 Å². The number of methoxy groups -OCH3 is 1. The van der Waals surface area contributed by atoms with Gasteiger partial charge in [0.25, 0.3) is 0 Å². The minimum Gasteiger partial charge on any atom is -0.497 e. The third-order valence-electron chi connectivity index (χ3n) is 2.67. The van der Waals surface area contributed by atoms with Crippen LogP contribution >= 0.6 is 0 Å². The average Bonchev–Trinajstić information content (AvgIpc) is 2.79. The van der Waals surface area contributed by atoms with Crippen LogP contribution in [0.2, 0.25) is 0 Å². The van der Waals surface area contributed by atoms with E-state index in [1.165, 1.54) is 6.26 Å². The average molecular weight is 220 g/mol. The van der Waals surface area contributed by atoms with E-state index in [4.69, 9.17) is 9.47 Å². The Morgan fingerprint density at radius 2 is 2.12 bits per heavy atom. The molecule has 1 N–H and O–H groups in total. The van der Waals surface area contributed by atoms with Crippen LogP contribution in [-0.2, 0) is 15.1 Å². The highest BCUT2D eigenvalue weighted by Crippen LogP contribution is 2.35. The second-order valence-electron chi connectivity index (χ2n) is 3.55. The van der Waals surface area contributed by atoms with E-state index in [0.29, 0.717) is 17.7 Å². The number of carbonyl (C=O) groups is 1. The fraction of sp³-hybridized carbons (Fsp3) is 0.250. The van der Waals surface area contributed by atoms with Gasteiger partial charge in [-0.1, -0.05) is 12.1 Å². The Morgan fingerprint density at radius 3 is 2.56 bits per heavy atom. The SMILES string of the molecule is COc1ccc(C2(C(=O)O)CC=CO2)cc1. The predicted molar refractivity (Wildman–Crippen MR) is 57.1 cm³/mol. The van der Waals surface area contributed by atoms with E-state index in [-0.39, 0.29) is 0 Å². The summed E-state index contributed by atoms with van der Waals surface area (Å²) in [6, 6.07) is 6.86. The van der Waals surface area contributed by atoms with Gasteiger partial charge in [-0.15, -0.1) is 0 Å². The summed E-state index contributed by atoms with van der Waals surface area (Å²) in [7, 11) is 1.57. The number of carboxylic acids is 1. The standard InChI is InChI=1S/C12H12O4/c1-15-10-5-3-9(4-6-10)12(11(13)14)7-2-8-16-12/h2-6,8H,7H2,1H3,(H,13,14). The summed E-state index contributed by atoms with van der Waals surface area (Å²) in [6.45, 7) is 0. The van der Waals surface area contributed by atoms with E-state index in [9.17, 15) is 9.90 Å². The topological polar surface area (TPSA) is 55.8 Å². The van der Waals surface area contributed by atoms with Crippen LogP contribution in [0.4, 0.5) is 0 Å². The molecule has 0 radical (unpaired) electrons. The van der Waals surface area contributed by atoms with Crippen molar-refractivity contribution in [2.75, 3.05) is 7.11 Å². The van der Waals surface area contributed by atoms with Gasteiger partial charge in [0, 0.05) is 12.0 Å². The smallest absolute Gasteiger partial charge is 0.353 e. The van der Waals surface area contributed by atoms with Crippen molar-refractivity contribution in [2.45, 2.75) is 12.0 Å². The van der Waals surface area contributed by atoms with E-state index < -0.39 is 11.6 Å². The number of carboxylic acid groups (broad SMARTS) is 1. The van der Waals surface area contributed by atoms with Crippen LogP contribution < -0.4 is 4.74 Å². The molecule has 1 unspecified atom stereocenters. The predicted octanol–water partition coefficient (Wildman–Crippen LogP) is 1.91. The molecule has 0 spiro atoms. The van der Waals surface area contributed by atoms with Crippen molar-refractivity contribution in [3.63, 3.8) is 0 Å². The number of benzene rings is 1. The van der Waals surface area contributed by atoms with Crippen molar-refractivity contribution in [2.24, 2.45) is 0 Å². The lowest BCUT2D eigenvalue weighted by atomic mass is 9.91. The molecule has 0 saturated heterocycles. The summed E-state index contributed by atoms with van der Waals surface area (Å²) in [6.07, 6.45) is 3.48. The Balaban J connectivity index is 2.36. The summed E-state index contributed by atoms with van der Waals surface area (Å²) in [4.78, 5) is 11.3. The quantitative estimate of drug-likeness (QED) is 0.845. The Hall–Kier alpha value is -1.97. The Kier molecular flexibility index (Phi) is 2.56. The maximum atomic E-state index is 11.3. The Labute approximate surface area is 93.1 Å². The van der Waals surface area contributed by atoms with Gasteiger partial charge in [-0.25, -0.2) is 4.79 Å². The van der Waals surface area contributed by atoms with Gasteiger partial charge in [0.1, 0.15) is 5.75 Å². The Bertz CT molecular complexity index is 411. The van der Waals surface area contributed by atoms with Gasteiger partial charge in [0.05, 0.1) is 13.4 Å². The molecule has 1 heterocycles. The molecule has 0 aliphatic carbocycles. The highest BCUT2D eigenvalue weighted by molar-refractivity contribution is 5.80. The molecule has 0 aromatic heterocycles. The Morgan fingerprint density at radius 1 is 1.44 bits per heavy atom. The third-order valence-corrected chi connectivity index (χ3v) is 2.67. The molecule has 1 atom stereocenters. The molecular formula is C12H12O4. The van der Waals surface area contributed by atoms with Crippen LogP contribution in [0.25, 0.3) is 0 Å². The van der Waals surface area contributed by atoms with Crippen LogP contribution in [0.5, 0.6) is 5.75 Å². The van der Waals surface area contributed by atoms with Crippen LogP contribution in [-0.4, -0.2) is 18.2 Å². The van der Waals surface area contributed by atoms with E-state index in [1.54, 1.807) is 37.5 Å². The molecule has 84 valence electrons. The first-order valence-electron chi connectivity index (χ1n) is 4.90. The maximum absolute atomic E-state index is 11.3. The second-order valence-corrected chi connectivity index (χ2v) is 3.55. The molecule has 1 aliphatic rings. The molecule has 0 fully saturated rings. The normalized spacial score (nSPS) is 22.8. The maximum Gasteiger partial charge on any atom is 0.353 e. The van der Waals surface area contributed by atoms with Gasteiger partial charge >= 0.3 is 5.97 Å². The highest BCUT2D eigenvalue weighted by Gasteiger charge is 2.43. The molecule has 16 heavy (non-hydrogen) atoms. The minimum atomic E-state index is -1.27. The molecule has 0 bridgehead atoms. The zero-order chi connectivity index (χ0) is 11.6. The van der Waals surface area contributed by atoms with Gasteiger partial charge in [0.2, 0.25) is 5.60 Å². The molecule has 0 amide bonds. The fourth-order valence-electron chi connectivity index (χ4n) is 1.73. The van der Waals surface area contributed by atoms with Crippen molar-refractivity contribution >= 4 is 5.97 Å². The molecule has 1 aromatic rings. The van der Waals surface area contributed by atoms with Crippen molar-refractivity contribution < 1.29 is 19.4 Å². The lowest BCUT2D eigenvalue weighted by molar-refractivity contribution is -0.158. The molecule has 1 aliphatic heterocycles. The summed E-state index contributed by atoms with van der Waals surface area (Å²) < 4.78 is 10.3. The van der Waals surface area contributed by atoms with Crippen molar-refractivity contribution in [3.05, 3.63) is 42.2 Å². The first kappa shape index (κ1) is 10.5. The van der Waals surface area contributed by atoms with E-state index >= 15 is 0 Å². The third kappa shape index (κ3) is 1.52. The van der Waals surface area contributed by atoms with Crippen LogP contribution in [0.1, 0.15) is 12.0 Å². The van der Waals surface area contributed by atoms with Crippen LogP contribution in [0, 0.1) is 0 Å². The molecule has 0 saturated carbocycles. The summed E-state index contributed by atoms with van der Waals surface area (Å²) in [5, 5.41) is 9.25. The van der Waals surface area contributed by atoms with E-state index in [0.717, 1.165) is 0 Å². The molecule has 4 nitrogen and oxygen atoms in total. The number of hydrogen-bond acceptors (Lipinski definition) is 3. The summed E-state index contributed by atoms with van der Waals surface area (Å²) in [5.41, 5.74) is -0.655. The number of rotatable bonds is 3. The van der Waals surface area contributed by atoms with Crippen LogP contribution in [0.3, 0.4) is 0 Å². The van der Waals surface area contributed by atoms with Crippen LogP contribution in [0.15, 0.2) is 36.6 Å². The van der Waals surface area contributed by atoms with Gasteiger partial charge < -0.3 is 14.6 Å². The molecule has 2 rings (SSSR count). The molecule has 4 heteroatoms. The van der Waals surface area contributed by atoms with Gasteiger partial charge in [-0.05, 0) is 18.2 Å². The second kappa shape index (κ2) is 3.89. The summed E-state index contributed by atoms with van der Waals surface area (Å²) >= 11 is 0.